The smallest absolute Gasteiger partial charge is 0.154 e. The summed E-state index contributed by atoms with van der Waals surface area (Å²) < 4.78 is 0. The molecule has 0 unspecified atom stereocenters. The van der Waals surface area contributed by atoms with Gasteiger partial charge >= 0.3 is 0 Å². The molecule has 0 aromatic heterocycles. The maximum absolute atomic E-state index is 11.3. The first-order valence-electron chi connectivity index (χ1n) is 4.27. The zero-order valence-electron chi connectivity index (χ0n) is 7.53. The average Bonchev–Trinajstić information content (AvgIpc) is 2.20. The van der Waals surface area contributed by atoms with Crippen LogP contribution in [0.3, 0.4) is 0 Å². The van der Waals surface area contributed by atoms with Gasteiger partial charge in [-0.25, -0.2) is 0 Å². The fourth-order valence-corrected chi connectivity index (χ4v) is 1.18. The van der Waals surface area contributed by atoms with Crippen LogP contribution in [0.15, 0.2) is 30.3 Å². The summed E-state index contributed by atoms with van der Waals surface area (Å²) in [6.45, 7) is 1.77. The predicted molar refractivity (Wildman–Crippen MR) is 50.1 cm³/mol. The molecule has 0 heterocycles. The molecule has 0 amide bonds. The molecule has 66 valence electrons. The van der Waals surface area contributed by atoms with E-state index in [2.05, 4.69) is 0 Å². The molecule has 1 rings (SSSR count). The topological polar surface area (TPSA) is 40.9 Å². The van der Waals surface area contributed by atoms with Crippen molar-refractivity contribution in [2.75, 3.05) is 0 Å². The van der Waals surface area contributed by atoms with Gasteiger partial charge in [-0.3, -0.25) is 4.79 Å². The van der Waals surface area contributed by atoms with Crippen LogP contribution in [-0.4, -0.2) is 5.78 Å². The Morgan fingerprint density at radius 2 is 2.08 bits per heavy atom. The van der Waals surface area contributed by atoms with Crippen molar-refractivity contribution in [1.82, 2.24) is 0 Å². The summed E-state index contributed by atoms with van der Waals surface area (Å²) in [4.78, 5) is 11.3. The van der Waals surface area contributed by atoms with Crippen molar-refractivity contribution >= 4 is 5.78 Å². The van der Waals surface area contributed by atoms with Crippen molar-refractivity contribution in [3.05, 3.63) is 35.9 Å². The van der Waals surface area contributed by atoms with E-state index in [1.807, 2.05) is 24.3 Å². The molecule has 0 bridgehead atoms. The van der Waals surface area contributed by atoms with Gasteiger partial charge in [-0.1, -0.05) is 37.3 Å². The Balaban J connectivity index is 2.93. The molecule has 0 aliphatic rings. The molecule has 13 heavy (non-hydrogen) atoms. The van der Waals surface area contributed by atoms with Crippen LogP contribution < -0.4 is 0 Å². The molecule has 0 fully saturated rings. The number of ketones is 1. The number of hydrogen-bond acceptors (Lipinski definition) is 2. The summed E-state index contributed by atoms with van der Waals surface area (Å²) in [5.41, 5.74) is 0.789. The highest BCUT2D eigenvalue weighted by molar-refractivity contribution is 5.88. The molecule has 0 saturated carbocycles. The monoisotopic (exact) mass is 173 g/mol. The van der Waals surface area contributed by atoms with E-state index in [4.69, 9.17) is 5.26 Å². The summed E-state index contributed by atoms with van der Waals surface area (Å²) in [6, 6.07) is 11.2. The normalized spacial score (nSPS) is 11.7. The molecular formula is C11H11NO. The van der Waals surface area contributed by atoms with E-state index in [1.54, 1.807) is 19.1 Å². The summed E-state index contributed by atoms with van der Waals surface area (Å²) >= 11 is 0. The standard InChI is InChI=1S/C11H11NO/c1-2-11(13)10(8-12)9-6-4-3-5-7-9/h3-7,10H,2H2,1H3/t10-/m0/s1. The van der Waals surface area contributed by atoms with E-state index in [0.29, 0.717) is 6.42 Å². The minimum Gasteiger partial charge on any atom is -0.298 e. The Bertz CT molecular complexity index is 324. The molecular weight excluding hydrogens is 162 g/mol. The highest BCUT2D eigenvalue weighted by Crippen LogP contribution is 2.16. The van der Waals surface area contributed by atoms with E-state index >= 15 is 0 Å². The lowest BCUT2D eigenvalue weighted by Gasteiger charge is -2.05. The van der Waals surface area contributed by atoms with Gasteiger partial charge in [0, 0.05) is 6.42 Å². The highest BCUT2D eigenvalue weighted by atomic mass is 16.1. The van der Waals surface area contributed by atoms with Crippen LogP contribution in [0, 0.1) is 11.3 Å². The van der Waals surface area contributed by atoms with Gasteiger partial charge < -0.3 is 0 Å². The third-order valence-corrected chi connectivity index (χ3v) is 1.93. The largest absolute Gasteiger partial charge is 0.298 e. The van der Waals surface area contributed by atoms with Gasteiger partial charge in [-0.15, -0.1) is 0 Å². The Morgan fingerprint density at radius 1 is 1.46 bits per heavy atom. The molecule has 1 aromatic rings. The zero-order chi connectivity index (χ0) is 9.68. The maximum atomic E-state index is 11.3. The number of carbonyl (C=O) groups is 1. The third-order valence-electron chi connectivity index (χ3n) is 1.93. The number of benzene rings is 1. The lowest BCUT2D eigenvalue weighted by molar-refractivity contribution is -0.119. The van der Waals surface area contributed by atoms with E-state index in [0.717, 1.165) is 5.56 Å². The average molecular weight is 173 g/mol. The molecule has 0 aliphatic heterocycles. The Hall–Kier alpha value is -1.62. The maximum Gasteiger partial charge on any atom is 0.154 e. The Labute approximate surface area is 77.8 Å². The van der Waals surface area contributed by atoms with Crippen molar-refractivity contribution in [1.29, 1.82) is 5.26 Å². The van der Waals surface area contributed by atoms with Gasteiger partial charge in [-0.05, 0) is 5.56 Å². The van der Waals surface area contributed by atoms with Crippen molar-refractivity contribution in [2.45, 2.75) is 19.3 Å². The first-order valence-corrected chi connectivity index (χ1v) is 4.27. The van der Waals surface area contributed by atoms with E-state index < -0.39 is 5.92 Å². The van der Waals surface area contributed by atoms with E-state index in [1.165, 1.54) is 0 Å². The van der Waals surface area contributed by atoms with Crippen LogP contribution in [0.2, 0.25) is 0 Å². The van der Waals surface area contributed by atoms with Crippen molar-refractivity contribution in [3.63, 3.8) is 0 Å². The highest BCUT2D eigenvalue weighted by Gasteiger charge is 2.17. The van der Waals surface area contributed by atoms with Crippen molar-refractivity contribution < 1.29 is 4.79 Å². The first-order chi connectivity index (χ1) is 6.29. The Kier molecular flexibility index (Phi) is 3.22. The second kappa shape index (κ2) is 4.42. The fourth-order valence-electron chi connectivity index (χ4n) is 1.18. The van der Waals surface area contributed by atoms with Crippen LogP contribution in [0.1, 0.15) is 24.8 Å². The molecule has 0 N–H and O–H groups in total. The third kappa shape index (κ3) is 2.16. The summed E-state index contributed by atoms with van der Waals surface area (Å²) in [7, 11) is 0. The van der Waals surface area contributed by atoms with Gasteiger partial charge in [0.2, 0.25) is 0 Å². The second-order valence-electron chi connectivity index (χ2n) is 2.79. The minimum absolute atomic E-state index is 0.0197. The molecule has 0 spiro atoms. The molecule has 1 aromatic carbocycles. The minimum atomic E-state index is -0.591. The first kappa shape index (κ1) is 9.47. The van der Waals surface area contributed by atoms with Crippen molar-refractivity contribution in [3.8, 4) is 6.07 Å². The summed E-state index contributed by atoms with van der Waals surface area (Å²) in [5, 5.41) is 8.81. The number of carbonyl (C=O) groups excluding carboxylic acids is 1. The van der Waals surface area contributed by atoms with Crippen LogP contribution in [0.5, 0.6) is 0 Å². The van der Waals surface area contributed by atoms with Gasteiger partial charge in [0.15, 0.2) is 5.78 Å². The molecule has 0 aliphatic carbocycles. The quantitative estimate of drug-likeness (QED) is 0.703. The lowest BCUT2D eigenvalue weighted by Crippen LogP contribution is -2.08. The lowest BCUT2D eigenvalue weighted by atomic mass is 9.95. The van der Waals surface area contributed by atoms with Crippen LogP contribution >= 0.6 is 0 Å². The second-order valence-corrected chi connectivity index (χ2v) is 2.79. The predicted octanol–water partition coefficient (Wildman–Crippen LogP) is 2.27. The van der Waals surface area contributed by atoms with E-state index in [9.17, 15) is 4.79 Å². The zero-order valence-corrected chi connectivity index (χ0v) is 7.53. The SMILES string of the molecule is CCC(=O)[C@@H](C#N)c1ccccc1. The number of rotatable bonds is 3. The van der Waals surface area contributed by atoms with Crippen molar-refractivity contribution in [2.24, 2.45) is 0 Å². The van der Waals surface area contributed by atoms with Crippen LogP contribution in [0.25, 0.3) is 0 Å². The van der Waals surface area contributed by atoms with E-state index in [-0.39, 0.29) is 5.78 Å². The molecule has 1 atom stereocenters. The number of hydrogen-bond donors (Lipinski definition) is 0. The number of nitrogens with zero attached hydrogens (tertiary/aromatic N) is 1. The number of nitriles is 1. The molecule has 0 saturated heterocycles. The molecule has 2 nitrogen and oxygen atoms in total. The van der Waals surface area contributed by atoms with Crippen LogP contribution in [0.4, 0.5) is 0 Å². The van der Waals surface area contributed by atoms with Gasteiger partial charge in [0.25, 0.3) is 0 Å². The van der Waals surface area contributed by atoms with Gasteiger partial charge in [0.1, 0.15) is 5.92 Å². The summed E-state index contributed by atoms with van der Waals surface area (Å²) in [5.74, 6) is -0.611. The molecule has 2 heteroatoms. The fraction of sp³-hybridized carbons (Fsp3) is 0.273. The van der Waals surface area contributed by atoms with Gasteiger partial charge in [0.05, 0.1) is 6.07 Å². The number of Topliss-reactive ketones (excluding diaryl/α,β-unsaturated/α-hetero) is 1. The van der Waals surface area contributed by atoms with Crippen LogP contribution in [-0.2, 0) is 4.79 Å². The molecule has 0 radical (unpaired) electrons. The Morgan fingerprint density at radius 3 is 2.54 bits per heavy atom. The van der Waals surface area contributed by atoms with Gasteiger partial charge in [-0.2, -0.15) is 5.26 Å². The summed E-state index contributed by atoms with van der Waals surface area (Å²) in [6.07, 6.45) is 0.410.